The molecule has 0 atom stereocenters. The maximum absolute atomic E-state index is 13.1. The lowest BCUT2D eigenvalue weighted by Gasteiger charge is -2.12. The molecule has 21 heavy (non-hydrogen) atoms. The van der Waals surface area contributed by atoms with Gasteiger partial charge in [-0.25, -0.2) is 9.37 Å². The van der Waals surface area contributed by atoms with Gasteiger partial charge in [-0.1, -0.05) is 17.7 Å². The van der Waals surface area contributed by atoms with E-state index in [1.54, 1.807) is 13.2 Å². The maximum atomic E-state index is 13.1. The van der Waals surface area contributed by atoms with Crippen LogP contribution >= 0.6 is 11.6 Å². The minimum absolute atomic E-state index is 0.326. The van der Waals surface area contributed by atoms with Crippen molar-refractivity contribution in [3.05, 3.63) is 52.3 Å². The zero-order chi connectivity index (χ0) is 15.2. The summed E-state index contributed by atoms with van der Waals surface area (Å²) >= 11 is 6.09. The number of aromatic nitrogens is 2. The van der Waals surface area contributed by atoms with Gasteiger partial charge in [0, 0.05) is 31.4 Å². The fourth-order valence-electron chi connectivity index (χ4n) is 2.08. The molecule has 2 aromatic rings. The van der Waals surface area contributed by atoms with Crippen molar-refractivity contribution in [3.63, 3.8) is 0 Å². The Morgan fingerprint density at radius 1 is 1.43 bits per heavy atom. The van der Waals surface area contributed by atoms with E-state index in [-0.39, 0.29) is 5.82 Å². The average molecular weight is 312 g/mol. The Morgan fingerprint density at radius 3 is 2.95 bits per heavy atom. The lowest BCUT2D eigenvalue weighted by molar-refractivity contribution is 0.199. The molecule has 0 saturated carbocycles. The fraction of sp³-hybridized carbons (Fsp3) is 0.400. The smallest absolute Gasteiger partial charge is 0.124 e. The van der Waals surface area contributed by atoms with Crippen LogP contribution in [0.2, 0.25) is 5.02 Å². The third-order valence-corrected chi connectivity index (χ3v) is 3.62. The molecule has 114 valence electrons. The van der Waals surface area contributed by atoms with Crippen LogP contribution in [0.4, 0.5) is 4.39 Å². The monoisotopic (exact) mass is 311 g/mol. The number of nitrogens with zero attached hydrogens (tertiary/aromatic N) is 2. The molecule has 0 spiro atoms. The van der Waals surface area contributed by atoms with Crippen LogP contribution in [0, 0.1) is 12.7 Å². The zero-order valence-electron chi connectivity index (χ0n) is 12.2. The molecule has 0 unspecified atom stereocenters. The van der Waals surface area contributed by atoms with Crippen LogP contribution in [-0.2, 0) is 17.8 Å². The minimum Gasteiger partial charge on any atom is -0.383 e. The second kappa shape index (κ2) is 7.54. The standard InChI is InChI=1S/C15H19ClFN3O/c1-11-19-9-14(8-18-5-6-21-2)20(11)10-12-3-4-13(17)7-15(12)16/h3-4,7,9,18H,5-6,8,10H2,1-2H3. The second-order valence-corrected chi connectivity index (χ2v) is 5.20. The topological polar surface area (TPSA) is 39.1 Å². The summed E-state index contributed by atoms with van der Waals surface area (Å²) in [6, 6.07) is 4.46. The Bertz CT molecular complexity index is 601. The Hall–Kier alpha value is -1.43. The van der Waals surface area contributed by atoms with Crippen molar-refractivity contribution in [2.24, 2.45) is 0 Å². The molecule has 0 aliphatic heterocycles. The molecule has 0 aliphatic rings. The third kappa shape index (κ3) is 4.27. The van der Waals surface area contributed by atoms with Crippen LogP contribution in [0.25, 0.3) is 0 Å². The van der Waals surface area contributed by atoms with E-state index in [1.165, 1.54) is 12.1 Å². The van der Waals surface area contributed by atoms with Gasteiger partial charge in [0.2, 0.25) is 0 Å². The second-order valence-electron chi connectivity index (χ2n) is 4.79. The highest BCUT2D eigenvalue weighted by Crippen LogP contribution is 2.19. The molecule has 1 aromatic carbocycles. The number of halogens is 2. The van der Waals surface area contributed by atoms with E-state index in [1.807, 2.05) is 13.1 Å². The van der Waals surface area contributed by atoms with Gasteiger partial charge in [0.25, 0.3) is 0 Å². The van der Waals surface area contributed by atoms with E-state index >= 15 is 0 Å². The highest BCUT2D eigenvalue weighted by molar-refractivity contribution is 6.31. The first-order chi connectivity index (χ1) is 10.1. The van der Waals surface area contributed by atoms with E-state index < -0.39 is 0 Å². The number of aryl methyl sites for hydroxylation is 1. The van der Waals surface area contributed by atoms with Gasteiger partial charge in [0.15, 0.2) is 0 Å². The number of methoxy groups -OCH3 is 1. The van der Waals surface area contributed by atoms with Gasteiger partial charge in [-0.05, 0) is 24.6 Å². The van der Waals surface area contributed by atoms with Crippen molar-refractivity contribution in [2.45, 2.75) is 20.0 Å². The summed E-state index contributed by atoms with van der Waals surface area (Å²) in [5.74, 6) is 0.575. The van der Waals surface area contributed by atoms with E-state index in [0.717, 1.165) is 23.6 Å². The zero-order valence-corrected chi connectivity index (χ0v) is 13.0. The minimum atomic E-state index is -0.326. The summed E-state index contributed by atoms with van der Waals surface area (Å²) in [6.45, 7) is 4.65. The fourth-order valence-corrected chi connectivity index (χ4v) is 2.31. The first kappa shape index (κ1) is 15.9. The number of benzene rings is 1. The SMILES string of the molecule is COCCNCc1cnc(C)n1Cc1ccc(F)cc1Cl. The van der Waals surface area contributed by atoms with Crippen molar-refractivity contribution in [2.75, 3.05) is 20.3 Å². The lowest BCUT2D eigenvalue weighted by Crippen LogP contribution is -2.21. The van der Waals surface area contributed by atoms with Crippen LogP contribution in [0.1, 0.15) is 17.1 Å². The van der Waals surface area contributed by atoms with Crippen LogP contribution in [0.3, 0.4) is 0 Å². The number of ether oxygens (including phenoxy) is 1. The molecule has 0 radical (unpaired) electrons. The summed E-state index contributed by atoms with van der Waals surface area (Å²) in [6.07, 6.45) is 1.84. The van der Waals surface area contributed by atoms with Gasteiger partial charge < -0.3 is 14.6 Å². The molecule has 0 amide bonds. The molecular weight excluding hydrogens is 293 g/mol. The molecule has 0 bridgehead atoms. The van der Waals surface area contributed by atoms with E-state index in [0.29, 0.717) is 24.7 Å². The Labute approximate surface area is 128 Å². The average Bonchev–Trinajstić information content (AvgIpc) is 2.79. The predicted molar refractivity (Wildman–Crippen MR) is 81.1 cm³/mol. The van der Waals surface area contributed by atoms with Gasteiger partial charge in [-0.15, -0.1) is 0 Å². The van der Waals surface area contributed by atoms with Crippen molar-refractivity contribution >= 4 is 11.6 Å². The molecule has 1 N–H and O–H groups in total. The summed E-state index contributed by atoms with van der Waals surface area (Å²) in [5.41, 5.74) is 1.93. The summed E-state index contributed by atoms with van der Waals surface area (Å²) in [7, 11) is 1.67. The number of imidazole rings is 1. The summed E-state index contributed by atoms with van der Waals surface area (Å²) in [5, 5.41) is 3.72. The highest BCUT2D eigenvalue weighted by Gasteiger charge is 2.09. The first-order valence-electron chi connectivity index (χ1n) is 6.76. The quantitative estimate of drug-likeness (QED) is 0.799. The van der Waals surface area contributed by atoms with Gasteiger partial charge in [-0.3, -0.25) is 0 Å². The Balaban J connectivity index is 2.10. The third-order valence-electron chi connectivity index (χ3n) is 3.27. The molecule has 4 nitrogen and oxygen atoms in total. The highest BCUT2D eigenvalue weighted by atomic mass is 35.5. The van der Waals surface area contributed by atoms with Gasteiger partial charge in [0.1, 0.15) is 11.6 Å². The Morgan fingerprint density at radius 2 is 2.24 bits per heavy atom. The molecule has 6 heteroatoms. The molecule has 2 rings (SSSR count). The number of hydrogen-bond donors (Lipinski definition) is 1. The van der Waals surface area contributed by atoms with Crippen molar-refractivity contribution in [1.82, 2.24) is 14.9 Å². The predicted octanol–water partition coefficient (Wildman–Crippen LogP) is 2.77. The molecule has 1 heterocycles. The van der Waals surface area contributed by atoms with E-state index in [2.05, 4.69) is 14.9 Å². The van der Waals surface area contributed by atoms with Crippen molar-refractivity contribution in [1.29, 1.82) is 0 Å². The van der Waals surface area contributed by atoms with Gasteiger partial charge >= 0.3 is 0 Å². The van der Waals surface area contributed by atoms with Crippen LogP contribution in [-0.4, -0.2) is 29.8 Å². The van der Waals surface area contributed by atoms with Gasteiger partial charge in [0.05, 0.1) is 18.8 Å². The van der Waals surface area contributed by atoms with Crippen molar-refractivity contribution in [3.8, 4) is 0 Å². The maximum Gasteiger partial charge on any atom is 0.124 e. The molecular formula is C15H19ClFN3O. The van der Waals surface area contributed by atoms with Crippen LogP contribution in [0.15, 0.2) is 24.4 Å². The van der Waals surface area contributed by atoms with E-state index in [4.69, 9.17) is 16.3 Å². The molecule has 0 aliphatic carbocycles. The molecule has 1 aromatic heterocycles. The Kier molecular flexibility index (Phi) is 5.73. The van der Waals surface area contributed by atoms with E-state index in [9.17, 15) is 4.39 Å². The summed E-state index contributed by atoms with van der Waals surface area (Å²) < 4.78 is 20.2. The lowest BCUT2D eigenvalue weighted by atomic mass is 10.2. The molecule has 0 saturated heterocycles. The number of hydrogen-bond acceptors (Lipinski definition) is 3. The van der Waals surface area contributed by atoms with Crippen molar-refractivity contribution < 1.29 is 9.13 Å². The number of nitrogens with one attached hydrogen (secondary N) is 1. The van der Waals surface area contributed by atoms with Crippen LogP contribution in [0.5, 0.6) is 0 Å². The normalized spacial score (nSPS) is 11.0. The van der Waals surface area contributed by atoms with Crippen LogP contribution < -0.4 is 5.32 Å². The number of rotatable bonds is 7. The largest absolute Gasteiger partial charge is 0.383 e. The summed E-state index contributed by atoms with van der Waals surface area (Å²) in [4.78, 5) is 4.33. The first-order valence-corrected chi connectivity index (χ1v) is 7.14. The molecule has 0 fully saturated rings. The van der Waals surface area contributed by atoms with Gasteiger partial charge in [-0.2, -0.15) is 0 Å².